The summed E-state index contributed by atoms with van der Waals surface area (Å²) in [6.07, 6.45) is 0.197. The SMILES string of the molecule is CC(C)C[C@H](NC(=O)[C@H](CCc1ccccc1)NC(=O)CN1CCOCC1)C(=O)N[C@@H](Cc1ccccc1)C(=O)N[C@@H](CC(C)C)[C@]1(O)O[C@H](C)[C@@H](C(N)=O)NC[C@@]1(C)O. The highest BCUT2D eigenvalue weighted by Gasteiger charge is 2.57. The minimum atomic E-state index is -2.40. The predicted octanol–water partition coefficient (Wildman–Crippen LogP) is 0.527. The maximum Gasteiger partial charge on any atom is 0.243 e. The second-order valence-electron chi connectivity index (χ2n) is 17.2. The van der Waals surface area contributed by atoms with Crippen LogP contribution in [-0.4, -0.2) is 132 Å². The van der Waals surface area contributed by atoms with E-state index in [4.69, 9.17) is 15.2 Å². The Labute approximate surface area is 354 Å². The van der Waals surface area contributed by atoms with Gasteiger partial charge in [-0.2, -0.15) is 0 Å². The van der Waals surface area contributed by atoms with Crippen molar-refractivity contribution in [2.45, 2.75) is 121 Å². The molecule has 332 valence electrons. The number of hydrogen-bond acceptors (Lipinski definition) is 11. The third-order valence-electron chi connectivity index (χ3n) is 11.0. The molecule has 2 aliphatic heterocycles. The number of primary amides is 1. The number of nitrogens with two attached hydrogens (primary N) is 1. The first-order chi connectivity index (χ1) is 28.4. The summed E-state index contributed by atoms with van der Waals surface area (Å²) in [5.41, 5.74) is 5.29. The molecule has 2 aromatic carbocycles. The number of carbonyl (C=O) groups is 5. The summed E-state index contributed by atoms with van der Waals surface area (Å²) in [7, 11) is 0. The quantitative estimate of drug-likeness (QED) is 0.0917. The van der Waals surface area contributed by atoms with Crippen molar-refractivity contribution in [3.63, 3.8) is 0 Å². The van der Waals surface area contributed by atoms with Crippen molar-refractivity contribution in [2.75, 3.05) is 39.4 Å². The summed E-state index contributed by atoms with van der Waals surface area (Å²) in [5.74, 6) is -5.46. The molecule has 0 saturated carbocycles. The largest absolute Gasteiger partial charge is 0.383 e. The lowest BCUT2D eigenvalue weighted by molar-refractivity contribution is -0.314. The zero-order valence-corrected chi connectivity index (χ0v) is 35.9. The van der Waals surface area contributed by atoms with Gasteiger partial charge in [-0.1, -0.05) is 88.4 Å². The third kappa shape index (κ3) is 14.1. The number of ether oxygens (including phenoxy) is 2. The Bertz CT molecular complexity index is 1710. The lowest BCUT2D eigenvalue weighted by atomic mass is 9.84. The van der Waals surface area contributed by atoms with Crippen molar-refractivity contribution in [2.24, 2.45) is 17.6 Å². The lowest BCUT2D eigenvalue weighted by Crippen LogP contribution is -2.69. The molecule has 0 unspecified atom stereocenters. The molecule has 0 radical (unpaired) electrons. The summed E-state index contributed by atoms with van der Waals surface area (Å²) in [6.45, 7) is 12.5. The van der Waals surface area contributed by atoms with Crippen molar-refractivity contribution in [3.8, 4) is 0 Å². The van der Waals surface area contributed by atoms with Crippen LogP contribution in [0.25, 0.3) is 0 Å². The summed E-state index contributed by atoms with van der Waals surface area (Å²) in [4.78, 5) is 70.4. The number of carbonyl (C=O) groups excluding carboxylic acids is 5. The van der Waals surface area contributed by atoms with E-state index in [0.717, 1.165) is 11.1 Å². The van der Waals surface area contributed by atoms with E-state index in [2.05, 4.69) is 26.6 Å². The lowest BCUT2D eigenvalue weighted by Gasteiger charge is -2.46. The van der Waals surface area contributed by atoms with Gasteiger partial charge < -0.3 is 52.0 Å². The Morgan fingerprint density at radius 2 is 1.35 bits per heavy atom. The molecule has 2 aliphatic rings. The normalized spacial score (nSPS) is 24.4. The highest BCUT2D eigenvalue weighted by atomic mass is 16.7. The van der Waals surface area contributed by atoms with Gasteiger partial charge in [-0.05, 0) is 62.5 Å². The van der Waals surface area contributed by atoms with E-state index >= 15 is 0 Å². The fourth-order valence-corrected chi connectivity index (χ4v) is 7.66. The number of benzene rings is 2. The van der Waals surface area contributed by atoms with Crippen LogP contribution in [0.3, 0.4) is 0 Å². The summed E-state index contributed by atoms with van der Waals surface area (Å²) < 4.78 is 11.5. The van der Waals surface area contributed by atoms with E-state index in [9.17, 15) is 34.2 Å². The topological polar surface area (TPSA) is 234 Å². The third-order valence-corrected chi connectivity index (χ3v) is 11.0. The van der Waals surface area contributed by atoms with Gasteiger partial charge in [0.05, 0.1) is 31.9 Å². The van der Waals surface area contributed by atoms with Crippen LogP contribution in [0, 0.1) is 11.8 Å². The minimum absolute atomic E-state index is 0.0455. The van der Waals surface area contributed by atoms with Crippen LogP contribution in [0.15, 0.2) is 60.7 Å². The molecule has 9 N–H and O–H groups in total. The number of hydrogen-bond donors (Lipinski definition) is 8. The first kappa shape index (κ1) is 48.2. The minimum Gasteiger partial charge on any atom is -0.383 e. The number of nitrogens with one attached hydrogen (secondary N) is 5. The van der Waals surface area contributed by atoms with Crippen LogP contribution in [0.1, 0.15) is 71.9 Å². The van der Waals surface area contributed by atoms with Crippen LogP contribution < -0.4 is 32.3 Å². The van der Waals surface area contributed by atoms with E-state index in [1.54, 1.807) is 12.1 Å². The second kappa shape index (κ2) is 22.4. The van der Waals surface area contributed by atoms with Gasteiger partial charge in [-0.25, -0.2) is 0 Å². The Hall–Kier alpha value is -4.45. The Balaban J connectivity index is 1.59. The molecule has 2 aromatic rings. The van der Waals surface area contributed by atoms with Crippen molar-refractivity contribution < 1.29 is 43.7 Å². The number of aliphatic hydroxyl groups is 2. The molecule has 0 aromatic heterocycles. The van der Waals surface area contributed by atoms with E-state index in [1.165, 1.54) is 13.8 Å². The molecule has 16 nitrogen and oxygen atoms in total. The average Bonchev–Trinajstić information content (AvgIpc) is 3.28. The van der Waals surface area contributed by atoms with E-state index < -0.39 is 71.3 Å². The van der Waals surface area contributed by atoms with Gasteiger partial charge in [0.1, 0.15) is 29.8 Å². The number of rotatable bonds is 20. The van der Waals surface area contributed by atoms with Gasteiger partial charge in [0.15, 0.2) is 0 Å². The van der Waals surface area contributed by atoms with Gasteiger partial charge in [-0.3, -0.25) is 28.9 Å². The average molecular weight is 838 g/mol. The van der Waals surface area contributed by atoms with Crippen LogP contribution in [-0.2, 0) is 46.3 Å². The molecule has 0 bridgehead atoms. The van der Waals surface area contributed by atoms with E-state index in [-0.39, 0.29) is 56.5 Å². The number of nitrogens with zero attached hydrogens (tertiary/aromatic N) is 1. The fourth-order valence-electron chi connectivity index (χ4n) is 7.66. The van der Waals surface area contributed by atoms with Gasteiger partial charge in [0.2, 0.25) is 35.3 Å². The van der Waals surface area contributed by atoms with Gasteiger partial charge in [0.25, 0.3) is 0 Å². The summed E-state index contributed by atoms with van der Waals surface area (Å²) in [5, 5.41) is 38.3. The highest BCUT2D eigenvalue weighted by molar-refractivity contribution is 5.94. The van der Waals surface area contributed by atoms with Crippen molar-refractivity contribution in [1.82, 2.24) is 31.5 Å². The first-order valence-electron chi connectivity index (χ1n) is 21.1. The molecular weight excluding hydrogens is 771 g/mol. The van der Waals surface area contributed by atoms with Crippen LogP contribution in [0.5, 0.6) is 0 Å². The number of β-amino-alcohol motifs (C(OH)–C–C–N with tert-alkyl or cyclic N) is 1. The zero-order chi connectivity index (χ0) is 44.0. The maximum atomic E-state index is 14.5. The van der Waals surface area contributed by atoms with Crippen molar-refractivity contribution in [3.05, 3.63) is 71.8 Å². The maximum absolute atomic E-state index is 14.5. The van der Waals surface area contributed by atoms with Crippen LogP contribution in [0.2, 0.25) is 0 Å². The predicted molar refractivity (Wildman–Crippen MR) is 226 cm³/mol. The molecule has 2 fully saturated rings. The van der Waals surface area contributed by atoms with Crippen LogP contribution in [0.4, 0.5) is 0 Å². The number of aryl methyl sites for hydroxylation is 1. The second-order valence-corrected chi connectivity index (χ2v) is 17.2. The fraction of sp³-hybridized carbons (Fsp3) is 0.614. The van der Waals surface area contributed by atoms with Crippen LogP contribution >= 0.6 is 0 Å². The Kier molecular flexibility index (Phi) is 18.0. The van der Waals surface area contributed by atoms with E-state index in [0.29, 0.717) is 32.7 Å². The monoisotopic (exact) mass is 838 g/mol. The molecule has 16 heteroatoms. The molecule has 60 heavy (non-hydrogen) atoms. The summed E-state index contributed by atoms with van der Waals surface area (Å²) in [6, 6.07) is 13.2. The van der Waals surface area contributed by atoms with Gasteiger partial charge in [-0.15, -0.1) is 0 Å². The molecule has 4 rings (SSSR count). The molecule has 2 heterocycles. The van der Waals surface area contributed by atoms with Gasteiger partial charge in [0, 0.05) is 26.1 Å². The molecular formula is C44H67N7O9. The molecule has 0 aliphatic carbocycles. The van der Waals surface area contributed by atoms with Crippen molar-refractivity contribution >= 4 is 29.5 Å². The molecule has 2 saturated heterocycles. The van der Waals surface area contributed by atoms with Gasteiger partial charge >= 0.3 is 0 Å². The van der Waals surface area contributed by atoms with Crippen molar-refractivity contribution in [1.29, 1.82) is 0 Å². The summed E-state index contributed by atoms with van der Waals surface area (Å²) >= 11 is 0. The molecule has 8 atom stereocenters. The zero-order valence-electron chi connectivity index (χ0n) is 35.9. The first-order valence-corrected chi connectivity index (χ1v) is 21.1. The highest BCUT2D eigenvalue weighted by Crippen LogP contribution is 2.34. The standard InChI is InChI=1S/C44H67N7O9/c1-28(2)23-34(48-40(54)33(18-17-31-13-9-7-10-14-31)47-37(52)26-51-19-21-59-22-20-51)41(55)49-35(25-32-15-11-8-12-16-32)42(56)50-36(24-29(3)4)44(58)43(6,57)27-46-38(39(45)53)30(5)60-44/h7-16,28-30,33-36,38,46,57-58H,17-27H2,1-6H3,(H2,45,53)(H,47,52)(H,48,54)(H,49,55)(H,50,56)/t30-,33+,34+,35+,36+,38+,43-,44+/m1/s1. The Morgan fingerprint density at radius 3 is 1.93 bits per heavy atom. The van der Waals surface area contributed by atoms with E-state index in [1.807, 2.05) is 81.1 Å². The number of morpholine rings is 1. The Morgan fingerprint density at radius 1 is 0.800 bits per heavy atom. The smallest absolute Gasteiger partial charge is 0.243 e. The number of amides is 5. The molecule has 5 amide bonds. The molecule has 0 spiro atoms.